The van der Waals surface area contributed by atoms with Crippen molar-refractivity contribution in [3.05, 3.63) is 62.8 Å². The van der Waals surface area contributed by atoms with Gasteiger partial charge in [-0.2, -0.15) is 0 Å². The van der Waals surface area contributed by atoms with Crippen molar-refractivity contribution in [3.63, 3.8) is 0 Å². The fourth-order valence-electron chi connectivity index (χ4n) is 3.54. The number of anilines is 2. The average molecular weight is 673 g/mol. The van der Waals surface area contributed by atoms with Crippen LogP contribution in [-0.2, 0) is 20.0 Å². The van der Waals surface area contributed by atoms with Crippen LogP contribution >= 0.6 is 31.9 Å². The molecule has 0 atom stereocenters. The second kappa shape index (κ2) is 9.74. The molecule has 3 aromatic heterocycles. The Kier molecular flexibility index (Phi) is 7.13. The topological polar surface area (TPSA) is 147 Å². The number of ketones is 1. The van der Waals surface area contributed by atoms with Crippen molar-refractivity contribution in [1.82, 2.24) is 24.8 Å². The van der Waals surface area contributed by atoms with Crippen LogP contribution in [0.15, 0.2) is 62.0 Å². The minimum absolute atomic E-state index is 0.0746. The molecule has 194 valence electrons. The van der Waals surface area contributed by atoms with Crippen LogP contribution in [0.25, 0.3) is 11.4 Å². The van der Waals surface area contributed by atoms with Gasteiger partial charge >= 0.3 is 0 Å². The summed E-state index contributed by atoms with van der Waals surface area (Å²) in [7, 11) is -1.23. The maximum atomic E-state index is 12.3. The molecule has 0 saturated carbocycles. The number of fused-ring (bicyclic) bond motifs is 4. The number of pyridine rings is 2. The van der Waals surface area contributed by atoms with Crippen molar-refractivity contribution in [1.29, 1.82) is 0 Å². The molecule has 12 nitrogen and oxygen atoms in total. The first-order valence-corrected chi connectivity index (χ1v) is 14.8. The minimum atomic E-state index is -3.82. The molecule has 37 heavy (non-hydrogen) atoms. The Balaban J connectivity index is 0.000000173. The third-order valence-electron chi connectivity index (χ3n) is 5.35. The first kappa shape index (κ1) is 27.1. The van der Waals surface area contributed by atoms with Gasteiger partial charge < -0.3 is 4.90 Å². The highest BCUT2D eigenvalue weighted by atomic mass is 79.9. The molecule has 0 radical (unpaired) electrons. The minimum Gasteiger partial charge on any atom is -0.382 e. The lowest BCUT2D eigenvalue weighted by Crippen LogP contribution is -2.37. The second-order valence-electron chi connectivity index (χ2n) is 7.97. The van der Waals surface area contributed by atoms with Crippen LogP contribution in [0.4, 0.5) is 11.4 Å². The molecule has 0 spiro atoms. The van der Waals surface area contributed by atoms with Crippen LogP contribution in [0.1, 0.15) is 10.5 Å². The number of halogens is 2. The highest BCUT2D eigenvalue weighted by molar-refractivity contribution is 9.10. The number of Topliss-reactive ketones (excluding diaryl/α,β-unsaturated/α-hetero) is 1. The SMILES string of the molecule is CN(C)/C=C1/C(=O)c2nc(Br)ccc2N(C)S1(=O)=O.CN1c2ccc(Br)nc2-c2ncncc2S1(=O)=O. The van der Waals surface area contributed by atoms with E-state index in [1.807, 2.05) is 0 Å². The Bertz CT molecular complexity index is 1680. The van der Waals surface area contributed by atoms with Gasteiger partial charge in [-0.15, -0.1) is 0 Å². The molecule has 2 aliphatic rings. The van der Waals surface area contributed by atoms with Crippen molar-refractivity contribution in [2.75, 3.05) is 36.8 Å². The Morgan fingerprint density at radius 3 is 1.97 bits per heavy atom. The molecule has 0 aliphatic carbocycles. The third kappa shape index (κ3) is 4.73. The zero-order chi connectivity index (χ0) is 27.3. The van der Waals surface area contributed by atoms with Gasteiger partial charge in [-0.3, -0.25) is 13.4 Å². The first-order valence-electron chi connectivity index (χ1n) is 10.3. The molecule has 3 aromatic rings. The summed E-state index contributed by atoms with van der Waals surface area (Å²) in [6, 6.07) is 6.53. The number of rotatable bonds is 1. The molecule has 0 fully saturated rings. The summed E-state index contributed by atoms with van der Waals surface area (Å²) in [4.78, 5) is 29.8. The maximum Gasteiger partial charge on any atom is 0.269 e. The lowest BCUT2D eigenvalue weighted by Gasteiger charge is -2.27. The number of carbonyl (C=O) groups excluding carboxylic acids is 1. The third-order valence-corrected chi connectivity index (χ3v) is 9.77. The highest BCUT2D eigenvalue weighted by Gasteiger charge is 2.39. The molecular weight excluding hydrogens is 654 g/mol. The van der Waals surface area contributed by atoms with Gasteiger partial charge in [0.1, 0.15) is 37.5 Å². The van der Waals surface area contributed by atoms with Crippen molar-refractivity contribution in [2.45, 2.75) is 4.90 Å². The molecule has 2 aliphatic heterocycles. The smallest absolute Gasteiger partial charge is 0.269 e. The second-order valence-corrected chi connectivity index (χ2v) is 13.5. The van der Waals surface area contributed by atoms with E-state index in [-0.39, 0.29) is 21.2 Å². The summed E-state index contributed by atoms with van der Waals surface area (Å²) in [5.74, 6) is -0.594. The lowest BCUT2D eigenvalue weighted by atomic mass is 10.2. The van der Waals surface area contributed by atoms with Crippen molar-refractivity contribution < 1.29 is 21.6 Å². The zero-order valence-electron chi connectivity index (χ0n) is 19.8. The maximum absolute atomic E-state index is 12.3. The number of nitrogens with zero attached hydrogens (tertiary/aromatic N) is 7. The first-order chi connectivity index (χ1) is 17.3. The van der Waals surface area contributed by atoms with Crippen molar-refractivity contribution in [2.24, 2.45) is 0 Å². The van der Waals surface area contributed by atoms with Crippen LogP contribution in [0.3, 0.4) is 0 Å². The fourth-order valence-corrected chi connectivity index (χ4v) is 6.82. The van der Waals surface area contributed by atoms with Crippen molar-refractivity contribution in [3.8, 4) is 11.4 Å². The number of sulfonamides is 2. The van der Waals surface area contributed by atoms with Gasteiger partial charge in [0, 0.05) is 34.4 Å². The van der Waals surface area contributed by atoms with Gasteiger partial charge in [0.15, 0.2) is 4.91 Å². The quantitative estimate of drug-likeness (QED) is 0.279. The van der Waals surface area contributed by atoms with Gasteiger partial charge in [0.2, 0.25) is 5.78 Å². The predicted octanol–water partition coefficient (Wildman–Crippen LogP) is 2.65. The van der Waals surface area contributed by atoms with Crippen LogP contribution in [0.2, 0.25) is 0 Å². The summed E-state index contributed by atoms with van der Waals surface area (Å²) in [6.45, 7) is 0. The van der Waals surface area contributed by atoms with E-state index < -0.39 is 25.8 Å². The molecule has 0 bridgehead atoms. The van der Waals surface area contributed by atoms with E-state index in [4.69, 9.17) is 0 Å². The zero-order valence-corrected chi connectivity index (χ0v) is 24.6. The van der Waals surface area contributed by atoms with E-state index >= 15 is 0 Å². The van der Waals surface area contributed by atoms with E-state index in [0.29, 0.717) is 26.3 Å². The summed E-state index contributed by atoms with van der Waals surface area (Å²) >= 11 is 6.44. The molecule has 5 rings (SSSR count). The molecule has 0 unspecified atom stereocenters. The van der Waals surface area contributed by atoms with Gasteiger partial charge in [0.25, 0.3) is 20.0 Å². The lowest BCUT2D eigenvalue weighted by molar-refractivity contribution is 0.103. The van der Waals surface area contributed by atoms with Crippen LogP contribution in [-0.4, -0.2) is 75.6 Å². The van der Waals surface area contributed by atoms with Crippen LogP contribution in [0.5, 0.6) is 0 Å². The summed E-state index contributed by atoms with van der Waals surface area (Å²) < 4.78 is 52.4. The van der Waals surface area contributed by atoms with Gasteiger partial charge in [0.05, 0.1) is 17.6 Å². The highest BCUT2D eigenvalue weighted by Crippen LogP contribution is 2.39. The van der Waals surface area contributed by atoms with Crippen LogP contribution in [0, 0.1) is 0 Å². The Morgan fingerprint density at radius 1 is 0.838 bits per heavy atom. The monoisotopic (exact) mass is 671 g/mol. The van der Waals surface area contributed by atoms with Gasteiger partial charge in [-0.25, -0.2) is 36.8 Å². The van der Waals surface area contributed by atoms with E-state index in [9.17, 15) is 21.6 Å². The number of hydrogen-bond donors (Lipinski definition) is 0. The predicted molar refractivity (Wildman–Crippen MR) is 144 cm³/mol. The molecule has 0 amide bonds. The van der Waals surface area contributed by atoms with Crippen LogP contribution < -0.4 is 8.61 Å². The Morgan fingerprint density at radius 2 is 1.38 bits per heavy atom. The number of carbonyl (C=O) groups is 1. The van der Waals surface area contributed by atoms with Gasteiger partial charge in [-0.1, -0.05) is 0 Å². The molecular formula is C21H19Br2N7O5S2. The van der Waals surface area contributed by atoms with E-state index in [1.165, 1.54) is 42.0 Å². The summed E-state index contributed by atoms with van der Waals surface area (Å²) in [5, 5.41) is 0. The number of allylic oxidation sites excluding steroid dienone is 1. The largest absolute Gasteiger partial charge is 0.382 e. The number of hydrogen-bond acceptors (Lipinski definition) is 10. The summed E-state index contributed by atoms with van der Waals surface area (Å²) in [6.07, 6.45) is 3.89. The Labute approximate surface area is 230 Å². The molecule has 16 heteroatoms. The van der Waals surface area contributed by atoms with E-state index in [0.717, 1.165) is 4.31 Å². The fraction of sp³-hybridized carbons (Fsp3) is 0.190. The molecule has 0 saturated heterocycles. The molecule has 0 aromatic carbocycles. The van der Waals surface area contributed by atoms with Gasteiger partial charge in [-0.05, 0) is 56.1 Å². The van der Waals surface area contributed by atoms with E-state index in [1.54, 1.807) is 38.4 Å². The standard InChI is InChI=1S/C11H12BrN3O3S.C10H7BrN4O2S/c1-14(2)6-8-11(16)10-7(4-5-9(12)13-10)15(3)19(8,17)18;1-15-6-2-3-8(11)14-9(6)10-7(18(15,16)17)4-12-5-13-10/h4-6H,1-3H3;2-5H,1H3/b8-6-;. The van der Waals surface area contributed by atoms with Crippen molar-refractivity contribution >= 4 is 69.1 Å². The Hall–Kier alpha value is -2.95. The number of aromatic nitrogens is 4. The molecule has 5 heterocycles. The normalized spacial score (nSPS) is 17.8. The average Bonchev–Trinajstić information content (AvgIpc) is 2.84. The summed E-state index contributed by atoms with van der Waals surface area (Å²) in [5.41, 5.74) is 1.77. The van der Waals surface area contributed by atoms with E-state index in [2.05, 4.69) is 51.8 Å². The molecule has 0 N–H and O–H groups in total.